The highest BCUT2D eigenvalue weighted by Gasteiger charge is 2.17. The lowest BCUT2D eigenvalue weighted by atomic mass is 10.1. The van der Waals surface area contributed by atoms with Crippen molar-refractivity contribution in [2.24, 2.45) is 5.73 Å². The van der Waals surface area contributed by atoms with E-state index in [2.05, 4.69) is 31.9 Å². The average molecular weight is 309 g/mol. The highest BCUT2D eigenvalue weighted by molar-refractivity contribution is 9.13. The van der Waals surface area contributed by atoms with Crippen molar-refractivity contribution in [1.82, 2.24) is 0 Å². The number of carbonyl (C=O) groups is 1. The minimum absolute atomic E-state index is 0.557. The van der Waals surface area contributed by atoms with Gasteiger partial charge < -0.3 is 10.8 Å². The van der Waals surface area contributed by atoms with Crippen molar-refractivity contribution in [3.63, 3.8) is 0 Å². The van der Waals surface area contributed by atoms with Gasteiger partial charge in [-0.2, -0.15) is 0 Å². The van der Waals surface area contributed by atoms with Gasteiger partial charge in [0.15, 0.2) is 0 Å². The van der Waals surface area contributed by atoms with Crippen LogP contribution in [0, 0.1) is 0 Å². The van der Waals surface area contributed by atoms with Gasteiger partial charge in [-0.15, -0.1) is 0 Å². The van der Waals surface area contributed by atoms with Crippen molar-refractivity contribution >= 4 is 37.8 Å². The van der Waals surface area contributed by atoms with Crippen molar-refractivity contribution in [2.75, 3.05) is 0 Å². The first kappa shape index (κ1) is 10.7. The normalized spacial score (nSPS) is 12.5. The summed E-state index contributed by atoms with van der Waals surface area (Å²) in [6.07, 6.45) is 0. The topological polar surface area (TPSA) is 63.3 Å². The minimum atomic E-state index is -1.04. The van der Waals surface area contributed by atoms with Crippen molar-refractivity contribution in [3.05, 3.63) is 32.7 Å². The summed E-state index contributed by atoms with van der Waals surface area (Å²) in [5, 5.41) is 8.69. The Morgan fingerprint density at radius 2 is 2.08 bits per heavy atom. The maximum Gasteiger partial charge on any atom is 0.325 e. The van der Waals surface area contributed by atoms with E-state index < -0.39 is 12.0 Å². The van der Waals surface area contributed by atoms with Gasteiger partial charge in [0, 0.05) is 8.95 Å². The molecule has 3 nitrogen and oxygen atoms in total. The molecule has 0 saturated heterocycles. The molecule has 0 heterocycles. The molecule has 0 amide bonds. The molecule has 70 valence electrons. The molecule has 13 heavy (non-hydrogen) atoms. The number of halogens is 2. The molecule has 0 aromatic heterocycles. The van der Waals surface area contributed by atoms with Crippen molar-refractivity contribution in [3.8, 4) is 0 Å². The third kappa shape index (κ3) is 2.30. The van der Waals surface area contributed by atoms with Crippen LogP contribution in [-0.4, -0.2) is 11.1 Å². The number of nitrogens with two attached hydrogens (primary N) is 1. The van der Waals surface area contributed by atoms with Crippen LogP contribution in [0.4, 0.5) is 0 Å². The molecule has 0 saturated carbocycles. The van der Waals surface area contributed by atoms with Gasteiger partial charge in [0.25, 0.3) is 0 Å². The highest BCUT2D eigenvalue weighted by Crippen LogP contribution is 2.29. The molecule has 1 aromatic carbocycles. The molecular weight excluding hydrogens is 302 g/mol. The number of aliphatic carboxylic acids is 1. The van der Waals surface area contributed by atoms with Crippen LogP contribution in [0.5, 0.6) is 0 Å². The zero-order chi connectivity index (χ0) is 10.0. The second kappa shape index (κ2) is 4.21. The van der Waals surface area contributed by atoms with Crippen LogP contribution in [0.3, 0.4) is 0 Å². The predicted octanol–water partition coefficient (Wildman–Crippen LogP) is 2.30. The fraction of sp³-hybridized carbons (Fsp3) is 0.125. The van der Waals surface area contributed by atoms with Crippen molar-refractivity contribution in [1.29, 1.82) is 0 Å². The first-order chi connectivity index (χ1) is 6.04. The summed E-state index contributed by atoms with van der Waals surface area (Å²) in [4.78, 5) is 10.6. The Balaban J connectivity index is 3.15. The van der Waals surface area contributed by atoms with Crippen LogP contribution in [0.2, 0.25) is 0 Å². The van der Waals surface area contributed by atoms with Gasteiger partial charge in [-0.05, 0) is 43.5 Å². The maximum atomic E-state index is 10.6. The van der Waals surface area contributed by atoms with Gasteiger partial charge in [-0.1, -0.05) is 12.1 Å². The number of hydrogen-bond acceptors (Lipinski definition) is 2. The predicted molar refractivity (Wildman–Crippen MR) is 56.4 cm³/mol. The fourth-order valence-electron chi connectivity index (χ4n) is 0.894. The van der Waals surface area contributed by atoms with E-state index in [1.165, 1.54) is 0 Å². The summed E-state index contributed by atoms with van der Waals surface area (Å²) in [5.41, 5.74) is 6.01. The summed E-state index contributed by atoms with van der Waals surface area (Å²) in [7, 11) is 0. The Morgan fingerprint density at radius 3 is 2.62 bits per heavy atom. The Labute approximate surface area is 92.2 Å². The van der Waals surface area contributed by atoms with Crippen molar-refractivity contribution < 1.29 is 9.90 Å². The molecule has 1 rings (SSSR count). The quantitative estimate of drug-likeness (QED) is 0.881. The van der Waals surface area contributed by atoms with Gasteiger partial charge in [-0.25, -0.2) is 0 Å². The summed E-state index contributed by atoms with van der Waals surface area (Å²) in [6.45, 7) is 0. The van der Waals surface area contributed by atoms with Gasteiger partial charge in [0.05, 0.1) is 0 Å². The summed E-state index contributed by atoms with van der Waals surface area (Å²) in [6, 6.07) is 4.23. The van der Waals surface area contributed by atoms with Gasteiger partial charge in [-0.3, -0.25) is 4.79 Å². The largest absolute Gasteiger partial charge is 0.480 e. The number of carboxylic acids is 1. The van der Waals surface area contributed by atoms with E-state index in [1.54, 1.807) is 12.1 Å². The second-order valence-corrected chi connectivity index (χ2v) is 4.11. The molecule has 0 fully saturated rings. The van der Waals surface area contributed by atoms with Crippen LogP contribution >= 0.6 is 31.9 Å². The summed E-state index contributed by atoms with van der Waals surface area (Å²) >= 11 is 6.53. The van der Waals surface area contributed by atoms with Crippen LogP contribution in [0.25, 0.3) is 0 Å². The van der Waals surface area contributed by atoms with Crippen LogP contribution in [0.1, 0.15) is 11.6 Å². The summed E-state index contributed by atoms with van der Waals surface area (Å²) < 4.78 is 1.48. The smallest absolute Gasteiger partial charge is 0.325 e. The Bertz CT molecular complexity index is 341. The average Bonchev–Trinajstić information content (AvgIpc) is 2.08. The lowest BCUT2D eigenvalue weighted by molar-refractivity contribution is -0.138. The highest BCUT2D eigenvalue weighted by atomic mass is 79.9. The molecule has 0 bridgehead atoms. The maximum absolute atomic E-state index is 10.6. The van der Waals surface area contributed by atoms with Gasteiger partial charge in [0.2, 0.25) is 0 Å². The first-order valence-corrected chi connectivity index (χ1v) is 5.05. The van der Waals surface area contributed by atoms with Crippen LogP contribution < -0.4 is 5.73 Å². The van der Waals surface area contributed by atoms with Gasteiger partial charge >= 0.3 is 5.97 Å². The zero-order valence-electron chi connectivity index (χ0n) is 6.50. The number of carboxylic acid groups (broad SMARTS) is 1. The lowest BCUT2D eigenvalue weighted by Gasteiger charge is -2.09. The van der Waals surface area contributed by atoms with Crippen LogP contribution in [-0.2, 0) is 4.79 Å². The van der Waals surface area contributed by atoms with E-state index in [0.29, 0.717) is 10.0 Å². The Morgan fingerprint density at radius 1 is 1.46 bits per heavy atom. The van der Waals surface area contributed by atoms with Crippen LogP contribution in [0.15, 0.2) is 27.1 Å². The van der Waals surface area contributed by atoms with E-state index in [-0.39, 0.29) is 0 Å². The lowest BCUT2D eigenvalue weighted by Crippen LogP contribution is -2.21. The molecule has 3 N–H and O–H groups in total. The monoisotopic (exact) mass is 307 g/mol. The minimum Gasteiger partial charge on any atom is -0.480 e. The third-order valence-corrected chi connectivity index (χ3v) is 3.66. The fourth-order valence-corrected chi connectivity index (χ4v) is 1.79. The number of rotatable bonds is 2. The van der Waals surface area contributed by atoms with E-state index in [9.17, 15) is 4.79 Å². The van der Waals surface area contributed by atoms with E-state index in [1.807, 2.05) is 6.07 Å². The number of benzene rings is 1. The molecule has 0 radical (unpaired) electrons. The second-order valence-electron chi connectivity index (χ2n) is 2.46. The molecule has 5 heteroatoms. The van der Waals surface area contributed by atoms with Crippen molar-refractivity contribution in [2.45, 2.75) is 6.04 Å². The molecule has 1 aromatic rings. The third-order valence-electron chi connectivity index (χ3n) is 1.58. The first-order valence-electron chi connectivity index (χ1n) is 3.46. The molecular formula is C8H7Br2NO2. The molecule has 0 aliphatic heterocycles. The van der Waals surface area contributed by atoms with Gasteiger partial charge in [0.1, 0.15) is 6.04 Å². The molecule has 0 aliphatic carbocycles. The molecule has 0 aliphatic rings. The van der Waals surface area contributed by atoms with E-state index in [0.717, 1.165) is 4.47 Å². The van der Waals surface area contributed by atoms with E-state index >= 15 is 0 Å². The SMILES string of the molecule is N[C@@H](C(=O)O)c1cccc(Br)c1Br. The Kier molecular flexibility index (Phi) is 3.47. The standard InChI is InChI=1S/C8H7Br2NO2/c9-5-3-1-2-4(6(5)10)7(11)8(12)13/h1-3,7H,11H2,(H,12,13)/t7-/m1/s1. The number of hydrogen-bond donors (Lipinski definition) is 2. The van der Waals surface area contributed by atoms with E-state index in [4.69, 9.17) is 10.8 Å². The summed E-state index contributed by atoms with van der Waals surface area (Å²) in [5.74, 6) is -1.04. The zero-order valence-corrected chi connectivity index (χ0v) is 9.67. The molecule has 0 unspecified atom stereocenters. The molecule has 1 atom stereocenters. The Hall–Kier alpha value is -0.390. The molecule has 0 spiro atoms.